The van der Waals surface area contributed by atoms with Gasteiger partial charge in [0.05, 0.1) is 23.1 Å². The molecule has 3 rings (SSSR count). The Morgan fingerprint density at radius 1 is 1.45 bits per heavy atom. The number of aromatic nitrogens is 3. The van der Waals surface area contributed by atoms with E-state index in [9.17, 15) is 5.11 Å². The first-order valence-electron chi connectivity index (χ1n) is 6.04. The summed E-state index contributed by atoms with van der Waals surface area (Å²) in [7, 11) is 0. The van der Waals surface area contributed by atoms with Gasteiger partial charge in [-0.15, -0.1) is 0 Å². The Labute approximate surface area is 118 Å². The monoisotopic (exact) mass is 299 g/mol. The summed E-state index contributed by atoms with van der Waals surface area (Å²) < 4.78 is 7.22. The Hall–Kier alpha value is -1.61. The number of fused-ring (bicyclic) bond motifs is 1. The highest BCUT2D eigenvalue weighted by molar-refractivity contribution is 6.36. The van der Waals surface area contributed by atoms with E-state index in [0.717, 1.165) is 0 Å². The number of aliphatic hydroxyl groups excluding tert-OH is 2. The van der Waals surface area contributed by atoms with Crippen molar-refractivity contribution in [1.82, 2.24) is 14.5 Å². The Kier molecular flexibility index (Phi) is 3.17. The van der Waals surface area contributed by atoms with Gasteiger partial charge in [-0.3, -0.25) is 0 Å². The van der Waals surface area contributed by atoms with Crippen molar-refractivity contribution < 1.29 is 14.9 Å². The summed E-state index contributed by atoms with van der Waals surface area (Å²) in [5.41, 5.74) is 11.8. The van der Waals surface area contributed by atoms with E-state index in [-0.39, 0.29) is 18.4 Å². The van der Waals surface area contributed by atoms with Crippen molar-refractivity contribution in [2.24, 2.45) is 0 Å². The van der Waals surface area contributed by atoms with E-state index in [1.54, 1.807) is 10.8 Å². The number of rotatable bonds is 2. The van der Waals surface area contributed by atoms with Crippen molar-refractivity contribution >= 4 is 34.4 Å². The summed E-state index contributed by atoms with van der Waals surface area (Å²) in [6.45, 7) is -0.260. The lowest BCUT2D eigenvalue weighted by molar-refractivity contribution is -0.0430. The molecule has 0 amide bonds. The van der Waals surface area contributed by atoms with Crippen molar-refractivity contribution in [3.05, 3.63) is 11.2 Å². The minimum absolute atomic E-state index is 0.0308. The van der Waals surface area contributed by atoms with Gasteiger partial charge in [0.2, 0.25) is 5.95 Å². The molecule has 0 spiro atoms. The number of halogens is 1. The molecule has 108 valence electrons. The van der Waals surface area contributed by atoms with Crippen molar-refractivity contribution in [3.8, 4) is 0 Å². The molecule has 6 N–H and O–H groups in total. The molecule has 1 saturated heterocycles. The van der Waals surface area contributed by atoms with Crippen LogP contribution < -0.4 is 11.5 Å². The lowest BCUT2D eigenvalue weighted by Gasteiger charge is -2.14. The zero-order valence-corrected chi connectivity index (χ0v) is 11.2. The minimum Gasteiger partial charge on any atom is -0.394 e. The average molecular weight is 300 g/mol. The van der Waals surface area contributed by atoms with Crippen molar-refractivity contribution in [2.75, 3.05) is 18.1 Å². The third-order valence-corrected chi connectivity index (χ3v) is 3.65. The van der Waals surface area contributed by atoms with Gasteiger partial charge in [0, 0.05) is 12.6 Å². The number of anilines is 2. The van der Waals surface area contributed by atoms with E-state index in [4.69, 9.17) is 32.9 Å². The fraction of sp³-hybridized carbons (Fsp3) is 0.455. The molecule has 1 aliphatic rings. The second-order valence-corrected chi connectivity index (χ2v) is 5.07. The summed E-state index contributed by atoms with van der Waals surface area (Å²) in [6.07, 6.45) is 0.0413. The Balaban J connectivity index is 2.09. The predicted molar refractivity (Wildman–Crippen MR) is 73.0 cm³/mol. The molecule has 2 aromatic rings. The van der Waals surface area contributed by atoms with E-state index < -0.39 is 18.4 Å². The van der Waals surface area contributed by atoms with E-state index in [1.165, 1.54) is 0 Å². The minimum atomic E-state index is -0.752. The van der Waals surface area contributed by atoms with Gasteiger partial charge >= 0.3 is 0 Å². The zero-order chi connectivity index (χ0) is 14.4. The van der Waals surface area contributed by atoms with E-state index in [1.807, 2.05) is 0 Å². The molecule has 1 fully saturated rings. The van der Waals surface area contributed by atoms with E-state index in [0.29, 0.717) is 22.5 Å². The Bertz CT molecular complexity index is 661. The topological polar surface area (TPSA) is 132 Å². The molecule has 20 heavy (non-hydrogen) atoms. The Morgan fingerprint density at radius 3 is 2.85 bits per heavy atom. The first-order valence-corrected chi connectivity index (χ1v) is 6.42. The maximum Gasteiger partial charge on any atom is 0.223 e. The van der Waals surface area contributed by atoms with Crippen LogP contribution in [-0.2, 0) is 4.74 Å². The van der Waals surface area contributed by atoms with Crippen LogP contribution in [0.25, 0.3) is 11.0 Å². The van der Waals surface area contributed by atoms with Gasteiger partial charge in [-0.1, -0.05) is 11.6 Å². The smallest absolute Gasteiger partial charge is 0.223 e. The summed E-state index contributed by atoms with van der Waals surface area (Å²) in [4.78, 5) is 7.98. The molecule has 0 radical (unpaired) electrons. The van der Waals surface area contributed by atoms with Crippen LogP contribution in [0, 0.1) is 0 Å². The lowest BCUT2D eigenvalue weighted by atomic mass is 10.2. The number of hydrogen-bond donors (Lipinski definition) is 4. The molecule has 0 bridgehead atoms. The fourth-order valence-electron chi connectivity index (χ4n) is 2.42. The molecule has 0 aromatic carbocycles. The van der Waals surface area contributed by atoms with Crippen LogP contribution in [0.1, 0.15) is 12.6 Å². The highest BCUT2D eigenvalue weighted by Gasteiger charge is 2.35. The zero-order valence-electron chi connectivity index (χ0n) is 10.4. The maximum atomic E-state index is 9.80. The molecule has 9 heteroatoms. The molecule has 1 aliphatic heterocycles. The molecule has 0 saturated carbocycles. The van der Waals surface area contributed by atoms with Crippen LogP contribution in [0.5, 0.6) is 0 Å². The van der Waals surface area contributed by atoms with Crippen LogP contribution in [0.15, 0.2) is 6.20 Å². The number of nitrogen functional groups attached to an aromatic ring is 2. The predicted octanol–water partition coefficient (Wildman–Crippen LogP) is -0.110. The van der Waals surface area contributed by atoms with Gasteiger partial charge in [-0.25, -0.2) is 0 Å². The number of ether oxygens (including phenoxy) is 1. The first-order chi connectivity index (χ1) is 9.51. The molecule has 0 aliphatic carbocycles. The summed E-state index contributed by atoms with van der Waals surface area (Å²) >= 11 is 6.13. The van der Waals surface area contributed by atoms with E-state index >= 15 is 0 Å². The second-order valence-electron chi connectivity index (χ2n) is 4.66. The molecular formula is C11H14ClN5O3. The molecular weight excluding hydrogens is 286 g/mol. The normalized spacial score (nSPS) is 26.4. The summed E-state index contributed by atoms with van der Waals surface area (Å²) in [5, 5.41) is 19.8. The SMILES string of the molecule is Nc1nc(N)c2c(Cl)cn([C@@H]3C[C@@H](O)[C@H](CO)O3)c2n1. The van der Waals surface area contributed by atoms with Gasteiger partial charge in [0.25, 0.3) is 0 Å². The van der Waals surface area contributed by atoms with Gasteiger partial charge in [0.15, 0.2) is 5.65 Å². The van der Waals surface area contributed by atoms with E-state index in [2.05, 4.69) is 9.97 Å². The number of nitrogens with zero attached hydrogens (tertiary/aromatic N) is 3. The van der Waals surface area contributed by atoms with Crippen LogP contribution in [0.4, 0.5) is 11.8 Å². The highest BCUT2D eigenvalue weighted by Crippen LogP contribution is 2.36. The summed E-state index contributed by atoms with van der Waals surface area (Å²) in [6, 6.07) is 0. The average Bonchev–Trinajstić information content (AvgIpc) is 2.90. The van der Waals surface area contributed by atoms with Crippen molar-refractivity contribution in [1.29, 1.82) is 0 Å². The highest BCUT2D eigenvalue weighted by atomic mass is 35.5. The third kappa shape index (κ3) is 1.97. The number of aliphatic hydroxyl groups is 2. The standard InChI is InChI=1S/C11H14ClN5O3/c12-4-2-17(7-1-5(19)6(3-18)20-7)10-8(4)9(13)15-11(14)16-10/h2,5-7,18-19H,1,3H2,(H4,13,14,15,16)/t5-,6+,7+/m1/s1. The lowest BCUT2D eigenvalue weighted by Crippen LogP contribution is -2.24. The molecule has 3 heterocycles. The van der Waals surface area contributed by atoms with Crippen molar-refractivity contribution in [2.45, 2.75) is 24.9 Å². The van der Waals surface area contributed by atoms with Gasteiger partial charge in [-0.05, 0) is 0 Å². The number of nitrogens with two attached hydrogens (primary N) is 2. The van der Waals surface area contributed by atoms with Gasteiger partial charge in [-0.2, -0.15) is 9.97 Å². The number of hydrogen-bond acceptors (Lipinski definition) is 7. The fourth-order valence-corrected chi connectivity index (χ4v) is 2.70. The quantitative estimate of drug-likeness (QED) is 0.608. The largest absolute Gasteiger partial charge is 0.394 e. The third-order valence-electron chi connectivity index (χ3n) is 3.37. The second kappa shape index (κ2) is 4.74. The molecule has 2 aromatic heterocycles. The van der Waals surface area contributed by atoms with Crippen LogP contribution in [0.2, 0.25) is 5.02 Å². The Morgan fingerprint density at radius 2 is 2.20 bits per heavy atom. The summed E-state index contributed by atoms with van der Waals surface area (Å²) in [5.74, 6) is 0.219. The van der Waals surface area contributed by atoms with Gasteiger partial charge in [0.1, 0.15) is 18.1 Å². The maximum absolute atomic E-state index is 9.80. The van der Waals surface area contributed by atoms with Crippen LogP contribution >= 0.6 is 11.6 Å². The van der Waals surface area contributed by atoms with Crippen LogP contribution in [0.3, 0.4) is 0 Å². The van der Waals surface area contributed by atoms with Gasteiger partial charge < -0.3 is 31.0 Å². The van der Waals surface area contributed by atoms with Crippen molar-refractivity contribution in [3.63, 3.8) is 0 Å². The van der Waals surface area contributed by atoms with Crippen LogP contribution in [-0.4, -0.2) is 43.6 Å². The molecule has 0 unspecified atom stereocenters. The molecule has 3 atom stereocenters. The molecule has 8 nitrogen and oxygen atoms in total. The first kappa shape index (κ1) is 13.4.